The van der Waals surface area contributed by atoms with Crippen LogP contribution in [-0.4, -0.2) is 32.0 Å². The maximum Gasteiger partial charge on any atom is 0.154 e. The van der Waals surface area contributed by atoms with E-state index < -0.39 is 14.6 Å². The lowest BCUT2D eigenvalue weighted by molar-refractivity contribution is 0.350. The molecule has 1 N–H and O–H groups in total. The predicted octanol–water partition coefficient (Wildman–Crippen LogP) is 1.73. The minimum absolute atomic E-state index is 0.352. The van der Waals surface area contributed by atoms with Gasteiger partial charge >= 0.3 is 0 Å². The lowest BCUT2D eigenvalue weighted by Gasteiger charge is -2.36. The third kappa shape index (κ3) is 3.18. The monoisotopic (exact) mass is 233 g/mol. The van der Waals surface area contributed by atoms with Gasteiger partial charge in [0.1, 0.15) is 0 Å². The van der Waals surface area contributed by atoms with Crippen LogP contribution >= 0.6 is 0 Å². The lowest BCUT2D eigenvalue weighted by atomic mass is 9.88. The third-order valence-electron chi connectivity index (χ3n) is 3.38. The van der Waals surface area contributed by atoms with Crippen molar-refractivity contribution in [1.82, 2.24) is 5.32 Å². The molecule has 3 nitrogen and oxygen atoms in total. The van der Waals surface area contributed by atoms with Gasteiger partial charge in [-0.3, -0.25) is 0 Å². The van der Waals surface area contributed by atoms with Gasteiger partial charge < -0.3 is 5.32 Å². The Labute approximate surface area is 93.6 Å². The second kappa shape index (κ2) is 4.83. The standard InChI is InChI=1S/C11H23NO2S/c1-10(2)12-9-11(15(3,13)14)7-5-4-6-8-11/h10,12H,4-9H2,1-3H3. The summed E-state index contributed by atoms with van der Waals surface area (Å²) in [6.07, 6.45) is 6.32. The van der Waals surface area contributed by atoms with Gasteiger partial charge in [0, 0.05) is 18.8 Å². The van der Waals surface area contributed by atoms with Crippen LogP contribution in [0.4, 0.5) is 0 Å². The largest absolute Gasteiger partial charge is 0.313 e. The third-order valence-corrected chi connectivity index (χ3v) is 5.51. The highest BCUT2D eigenvalue weighted by Gasteiger charge is 2.41. The maximum absolute atomic E-state index is 11.9. The van der Waals surface area contributed by atoms with Crippen molar-refractivity contribution in [1.29, 1.82) is 0 Å². The quantitative estimate of drug-likeness (QED) is 0.804. The molecule has 0 aromatic carbocycles. The first-order valence-electron chi connectivity index (χ1n) is 5.80. The molecule has 1 rings (SSSR count). The molecule has 0 amide bonds. The van der Waals surface area contributed by atoms with Crippen LogP contribution in [0.1, 0.15) is 46.0 Å². The molecule has 1 fully saturated rings. The molecule has 0 radical (unpaired) electrons. The van der Waals surface area contributed by atoms with Crippen LogP contribution in [0.15, 0.2) is 0 Å². The number of hydrogen-bond donors (Lipinski definition) is 1. The molecule has 1 aliphatic rings. The van der Waals surface area contributed by atoms with E-state index in [-0.39, 0.29) is 0 Å². The maximum atomic E-state index is 11.9. The summed E-state index contributed by atoms with van der Waals surface area (Å²) >= 11 is 0. The number of rotatable bonds is 4. The molecule has 0 unspecified atom stereocenters. The smallest absolute Gasteiger partial charge is 0.154 e. The first kappa shape index (κ1) is 13.0. The van der Waals surface area contributed by atoms with Crippen molar-refractivity contribution in [3.63, 3.8) is 0 Å². The normalized spacial score (nSPS) is 21.9. The molecule has 0 saturated heterocycles. The van der Waals surface area contributed by atoms with Crippen molar-refractivity contribution in [3.8, 4) is 0 Å². The molecule has 1 saturated carbocycles. The molecule has 1 aliphatic carbocycles. The van der Waals surface area contributed by atoms with Gasteiger partial charge in [-0.15, -0.1) is 0 Å². The van der Waals surface area contributed by atoms with E-state index in [0.717, 1.165) is 25.7 Å². The minimum Gasteiger partial charge on any atom is -0.313 e. The number of sulfone groups is 1. The van der Waals surface area contributed by atoms with Gasteiger partial charge in [-0.1, -0.05) is 33.1 Å². The second-order valence-electron chi connectivity index (χ2n) is 5.05. The Morgan fingerprint density at radius 1 is 1.20 bits per heavy atom. The Morgan fingerprint density at radius 2 is 1.73 bits per heavy atom. The summed E-state index contributed by atoms with van der Waals surface area (Å²) in [5, 5.41) is 3.28. The van der Waals surface area contributed by atoms with Crippen LogP contribution in [0.25, 0.3) is 0 Å². The van der Waals surface area contributed by atoms with E-state index in [1.165, 1.54) is 12.7 Å². The van der Waals surface area contributed by atoms with Crippen LogP contribution in [0, 0.1) is 0 Å². The minimum atomic E-state index is -2.95. The highest BCUT2D eigenvalue weighted by atomic mass is 32.2. The van der Waals surface area contributed by atoms with E-state index >= 15 is 0 Å². The number of nitrogens with one attached hydrogen (secondary N) is 1. The van der Waals surface area contributed by atoms with E-state index in [9.17, 15) is 8.42 Å². The van der Waals surface area contributed by atoms with E-state index in [1.807, 2.05) is 0 Å². The molecule has 15 heavy (non-hydrogen) atoms. The Morgan fingerprint density at radius 3 is 2.13 bits per heavy atom. The summed E-state index contributed by atoms with van der Waals surface area (Å²) in [4.78, 5) is 0. The Kier molecular flexibility index (Phi) is 4.18. The summed E-state index contributed by atoms with van der Waals surface area (Å²) in [7, 11) is -2.95. The molecule has 90 valence electrons. The zero-order chi connectivity index (χ0) is 11.5. The fourth-order valence-electron chi connectivity index (χ4n) is 2.26. The Hall–Kier alpha value is -0.0900. The first-order chi connectivity index (χ1) is 6.87. The van der Waals surface area contributed by atoms with E-state index in [0.29, 0.717) is 12.6 Å². The summed E-state index contributed by atoms with van der Waals surface area (Å²) in [6, 6.07) is 0.352. The molecule has 0 aromatic heterocycles. The van der Waals surface area contributed by atoms with Crippen LogP contribution in [-0.2, 0) is 9.84 Å². The average molecular weight is 233 g/mol. The molecule has 0 aromatic rings. The predicted molar refractivity (Wildman–Crippen MR) is 63.8 cm³/mol. The van der Waals surface area contributed by atoms with Gasteiger partial charge in [-0.25, -0.2) is 8.42 Å². The van der Waals surface area contributed by atoms with Gasteiger partial charge in [-0.05, 0) is 12.8 Å². The molecule has 0 aliphatic heterocycles. The van der Waals surface area contributed by atoms with Crippen molar-refractivity contribution in [2.24, 2.45) is 0 Å². The SMILES string of the molecule is CC(C)NCC1(S(C)(=O)=O)CCCCC1. The van der Waals surface area contributed by atoms with Crippen molar-refractivity contribution >= 4 is 9.84 Å². The number of hydrogen-bond acceptors (Lipinski definition) is 3. The van der Waals surface area contributed by atoms with E-state index in [4.69, 9.17) is 0 Å². The summed E-state index contributed by atoms with van der Waals surface area (Å²) in [5.41, 5.74) is 0. The molecular weight excluding hydrogens is 210 g/mol. The molecule has 0 heterocycles. The van der Waals surface area contributed by atoms with Gasteiger partial charge in [-0.2, -0.15) is 0 Å². The van der Waals surface area contributed by atoms with Crippen molar-refractivity contribution in [2.75, 3.05) is 12.8 Å². The highest BCUT2D eigenvalue weighted by molar-refractivity contribution is 7.92. The second-order valence-corrected chi connectivity index (χ2v) is 7.46. The molecule has 0 bridgehead atoms. The summed E-state index contributed by atoms with van der Waals surface area (Å²) in [6.45, 7) is 4.72. The average Bonchev–Trinajstić information content (AvgIpc) is 2.14. The zero-order valence-electron chi connectivity index (χ0n) is 10.0. The Bertz CT molecular complexity index is 290. The van der Waals surface area contributed by atoms with Gasteiger partial charge in [0.25, 0.3) is 0 Å². The van der Waals surface area contributed by atoms with Crippen LogP contribution in [0.3, 0.4) is 0 Å². The lowest BCUT2D eigenvalue weighted by Crippen LogP contribution is -2.49. The van der Waals surface area contributed by atoms with E-state index in [1.54, 1.807) is 0 Å². The zero-order valence-corrected chi connectivity index (χ0v) is 10.9. The highest BCUT2D eigenvalue weighted by Crippen LogP contribution is 2.34. The fourth-order valence-corrected chi connectivity index (χ4v) is 3.64. The van der Waals surface area contributed by atoms with Crippen molar-refractivity contribution in [3.05, 3.63) is 0 Å². The van der Waals surface area contributed by atoms with Gasteiger partial charge in [0.15, 0.2) is 9.84 Å². The van der Waals surface area contributed by atoms with Crippen molar-refractivity contribution in [2.45, 2.75) is 56.7 Å². The van der Waals surface area contributed by atoms with Gasteiger partial charge in [0.2, 0.25) is 0 Å². The topological polar surface area (TPSA) is 46.2 Å². The van der Waals surface area contributed by atoms with Crippen LogP contribution in [0.5, 0.6) is 0 Å². The van der Waals surface area contributed by atoms with E-state index in [2.05, 4.69) is 19.2 Å². The molecule has 0 spiro atoms. The van der Waals surface area contributed by atoms with Crippen molar-refractivity contribution < 1.29 is 8.42 Å². The molecular formula is C11H23NO2S. The molecule has 4 heteroatoms. The summed E-state index contributed by atoms with van der Waals surface area (Å²) < 4.78 is 23.3. The fraction of sp³-hybridized carbons (Fsp3) is 1.00. The van der Waals surface area contributed by atoms with Crippen LogP contribution in [0.2, 0.25) is 0 Å². The van der Waals surface area contributed by atoms with Crippen LogP contribution < -0.4 is 5.32 Å². The Balaban J connectivity index is 2.77. The first-order valence-corrected chi connectivity index (χ1v) is 7.69. The molecule has 0 atom stereocenters. The summed E-state index contributed by atoms with van der Waals surface area (Å²) in [5.74, 6) is 0. The van der Waals surface area contributed by atoms with Gasteiger partial charge in [0.05, 0.1) is 4.75 Å².